The van der Waals surface area contributed by atoms with E-state index in [1.54, 1.807) is 0 Å². The molecule has 0 saturated carbocycles. The molecule has 1 heterocycles. The number of aliphatic carboxylic acids is 1. The van der Waals surface area contributed by atoms with E-state index in [9.17, 15) is 13.6 Å². The van der Waals surface area contributed by atoms with Crippen LogP contribution in [-0.4, -0.2) is 27.3 Å². The van der Waals surface area contributed by atoms with E-state index in [0.29, 0.717) is 0 Å². The van der Waals surface area contributed by atoms with Crippen LogP contribution in [-0.2, 0) is 4.79 Å². The molecule has 0 bridgehead atoms. The molecule has 1 aromatic rings. The molecule has 0 amide bonds. The van der Waals surface area contributed by atoms with Crippen LogP contribution in [0.25, 0.3) is 0 Å². The number of halogens is 2. The highest BCUT2D eigenvalue weighted by atomic mass is 19.3. The minimum atomic E-state index is -2.73. The molecule has 0 radical (unpaired) electrons. The largest absolute Gasteiger partial charge is 0.481 e. The monoisotopic (exact) mass is 190 g/mol. The number of rotatable bonds is 4. The number of hydrogen-bond donors (Lipinski definition) is 1. The normalized spacial score (nSPS) is 13.2. The van der Waals surface area contributed by atoms with Gasteiger partial charge in [-0.3, -0.25) is 9.48 Å². The van der Waals surface area contributed by atoms with Crippen LogP contribution in [0.2, 0.25) is 0 Å². The molecule has 0 spiro atoms. The maximum absolute atomic E-state index is 12.3. The van der Waals surface area contributed by atoms with Crippen LogP contribution in [0.4, 0.5) is 8.78 Å². The highest BCUT2D eigenvalue weighted by Crippen LogP contribution is 2.18. The summed E-state index contributed by atoms with van der Waals surface area (Å²) in [7, 11) is 0. The fraction of sp³-hybridized carbons (Fsp3) is 0.429. The molecular weight excluding hydrogens is 182 g/mol. The lowest BCUT2D eigenvalue weighted by Crippen LogP contribution is -2.21. The molecule has 13 heavy (non-hydrogen) atoms. The van der Waals surface area contributed by atoms with Gasteiger partial charge in [-0.15, -0.1) is 0 Å². The highest BCUT2D eigenvalue weighted by Gasteiger charge is 2.25. The van der Waals surface area contributed by atoms with Gasteiger partial charge in [0.25, 0.3) is 6.43 Å². The Labute approximate surface area is 72.8 Å². The van der Waals surface area contributed by atoms with E-state index in [0.717, 1.165) is 4.68 Å². The van der Waals surface area contributed by atoms with Crippen molar-refractivity contribution in [3.8, 4) is 0 Å². The fourth-order valence-electron chi connectivity index (χ4n) is 0.954. The third kappa shape index (κ3) is 2.50. The third-order valence-electron chi connectivity index (χ3n) is 1.54. The van der Waals surface area contributed by atoms with E-state index in [2.05, 4.69) is 5.10 Å². The number of hydrogen-bond acceptors (Lipinski definition) is 2. The van der Waals surface area contributed by atoms with Crippen molar-refractivity contribution in [1.82, 2.24) is 9.78 Å². The predicted molar refractivity (Wildman–Crippen MR) is 39.5 cm³/mol. The van der Waals surface area contributed by atoms with E-state index in [-0.39, 0.29) is 0 Å². The first-order valence-corrected chi connectivity index (χ1v) is 3.60. The summed E-state index contributed by atoms with van der Waals surface area (Å²) in [6.07, 6.45) is -0.702. The number of nitrogens with zero attached hydrogens (tertiary/aromatic N) is 2. The molecule has 1 aromatic heterocycles. The molecular formula is C7H8F2N2O2. The topological polar surface area (TPSA) is 55.1 Å². The SMILES string of the molecule is O=C(O)CC(C(F)F)n1cccn1. The molecule has 0 aliphatic carbocycles. The highest BCUT2D eigenvalue weighted by molar-refractivity contribution is 5.67. The average molecular weight is 190 g/mol. The zero-order chi connectivity index (χ0) is 9.84. The second kappa shape index (κ2) is 3.97. The first-order valence-electron chi connectivity index (χ1n) is 3.60. The van der Waals surface area contributed by atoms with Gasteiger partial charge in [-0.1, -0.05) is 0 Å². The van der Waals surface area contributed by atoms with Crippen molar-refractivity contribution in [2.45, 2.75) is 18.9 Å². The molecule has 1 atom stereocenters. The summed E-state index contributed by atoms with van der Waals surface area (Å²) in [6, 6.07) is 0.0875. The van der Waals surface area contributed by atoms with E-state index in [1.807, 2.05) is 0 Å². The van der Waals surface area contributed by atoms with Crippen molar-refractivity contribution >= 4 is 5.97 Å². The summed E-state index contributed by atoms with van der Waals surface area (Å²) < 4.78 is 25.6. The minimum absolute atomic E-state index is 0.626. The van der Waals surface area contributed by atoms with Crippen molar-refractivity contribution in [3.63, 3.8) is 0 Å². The van der Waals surface area contributed by atoms with Gasteiger partial charge in [0.2, 0.25) is 0 Å². The van der Waals surface area contributed by atoms with Gasteiger partial charge >= 0.3 is 5.97 Å². The molecule has 72 valence electrons. The zero-order valence-corrected chi connectivity index (χ0v) is 6.60. The Morgan fingerprint density at radius 2 is 2.31 bits per heavy atom. The number of aromatic nitrogens is 2. The number of carboxylic acids is 1. The molecule has 0 aliphatic rings. The maximum atomic E-state index is 12.3. The lowest BCUT2D eigenvalue weighted by Gasteiger charge is -2.13. The predicted octanol–water partition coefficient (Wildman–Crippen LogP) is 1.16. The Morgan fingerprint density at radius 1 is 1.62 bits per heavy atom. The minimum Gasteiger partial charge on any atom is -0.481 e. The molecule has 1 N–H and O–H groups in total. The number of alkyl halides is 2. The van der Waals surface area contributed by atoms with Crippen LogP contribution in [0.5, 0.6) is 0 Å². The smallest absolute Gasteiger partial charge is 0.305 e. The van der Waals surface area contributed by atoms with Crippen molar-refractivity contribution in [3.05, 3.63) is 18.5 Å². The summed E-state index contributed by atoms with van der Waals surface area (Å²) in [5.41, 5.74) is 0. The Hall–Kier alpha value is -1.46. The maximum Gasteiger partial charge on any atom is 0.305 e. The molecule has 1 unspecified atom stereocenters. The lowest BCUT2D eigenvalue weighted by atomic mass is 10.2. The van der Waals surface area contributed by atoms with Crippen molar-refractivity contribution in [1.29, 1.82) is 0 Å². The summed E-state index contributed by atoms with van der Waals surface area (Å²) in [5, 5.41) is 11.9. The third-order valence-corrected chi connectivity index (χ3v) is 1.54. The quantitative estimate of drug-likeness (QED) is 0.775. The first kappa shape index (κ1) is 9.63. The molecule has 1 rings (SSSR count). The number of carboxylic acid groups (broad SMARTS) is 1. The number of carbonyl (C=O) groups is 1. The summed E-state index contributed by atoms with van der Waals surface area (Å²) in [4.78, 5) is 10.2. The molecule has 0 aromatic carbocycles. The Morgan fingerprint density at radius 3 is 2.69 bits per heavy atom. The Kier molecular flexibility index (Phi) is 2.94. The van der Waals surface area contributed by atoms with Gasteiger partial charge in [-0.25, -0.2) is 8.78 Å². The van der Waals surface area contributed by atoms with Crippen LogP contribution in [0.1, 0.15) is 12.5 Å². The van der Waals surface area contributed by atoms with Crippen LogP contribution in [0.3, 0.4) is 0 Å². The summed E-state index contributed by atoms with van der Waals surface area (Å²) in [6.45, 7) is 0. The van der Waals surface area contributed by atoms with E-state index in [4.69, 9.17) is 5.11 Å². The van der Waals surface area contributed by atoms with Crippen LogP contribution in [0.15, 0.2) is 18.5 Å². The van der Waals surface area contributed by atoms with Gasteiger partial charge in [0.15, 0.2) is 0 Å². The van der Waals surface area contributed by atoms with Gasteiger partial charge in [0.05, 0.1) is 6.42 Å². The van der Waals surface area contributed by atoms with Crippen LogP contribution in [0, 0.1) is 0 Å². The standard InChI is InChI=1S/C7H8F2N2O2/c8-7(9)5(4-6(12)13)11-3-1-2-10-11/h1-3,5,7H,4H2,(H,12,13). The Balaban J connectivity index is 2.74. The molecule has 4 nitrogen and oxygen atoms in total. The van der Waals surface area contributed by atoms with E-state index < -0.39 is 24.9 Å². The van der Waals surface area contributed by atoms with Crippen molar-refractivity contribution < 1.29 is 18.7 Å². The van der Waals surface area contributed by atoms with E-state index >= 15 is 0 Å². The van der Waals surface area contributed by atoms with Crippen LogP contribution < -0.4 is 0 Å². The molecule has 0 saturated heterocycles. The summed E-state index contributed by atoms with van der Waals surface area (Å²) >= 11 is 0. The second-order valence-corrected chi connectivity index (χ2v) is 2.49. The summed E-state index contributed by atoms with van der Waals surface area (Å²) in [5.74, 6) is -1.26. The average Bonchev–Trinajstić information content (AvgIpc) is 2.50. The van der Waals surface area contributed by atoms with Gasteiger partial charge in [0.1, 0.15) is 6.04 Å². The molecule has 0 aliphatic heterocycles. The first-order chi connectivity index (χ1) is 6.11. The van der Waals surface area contributed by atoms with Crippen LogP contribution >= 0.6 is 0 Å². The van der Waals surface area contributed by atoms with Gasteiger partial charge in [-0.05, 0) is 6.07 Å². The van der Waals surface area contributed by atoms with Crippen molar-refractivity contribution in [2.75, 3.05) is 0 Å². The van der Waals surface area contributed by atoms with Crippen molar-refractivity contribution in [2.24, 2.45) is 0 Å². The van der Waals surface area contributed by atoms with Gasteiger partial charge in [-0.2, -0.15) is 5.10 Å². The Bertz CT molecular complexity index is 274. The van der Waals surface area contributed by atoms with Gasteiger partial charge in [0, 0.05) is 12.4 Å². The molecule has 0 fully saturated rings. The fourth-order valence-corrected chi connectivity index (χ4v) is 0.954. The van der Waals surface area contributed by atoms with E-state index in [1.165, 1.54) is 18.5 Å². The lowest BCUT2D eigenvalue weighted by molar-refractivity contribution is -0.139. The molecule has 6 heteroatoms. The zero-order valence-electron chi connectivity index (χ0n) is 6.60. The second-order valence-electron chi connectivity index (χ2n) is 2.49. The van der Waals surface area contributed by atoms with Gasteiger partial charge < -0.3 is 5.11 Å².